The summed E-state index contributed by atoms with van der Waals surface area (Å²) in [6.07, 6.45) is 0. The molecule has 2 rings (SSSR count). The predicted molar refractivity (Wildman–Crippen MR) is 96.1 cm³/mol. The zero-order chi connectivity index (χ0) is 16.8. The van der Waals surface area contributed by atoms with E-state index in [1.165, 1.54) is 18.7 Å². The molecule has 6 heteroatoms. The number of thioether (sulfide) groups is 1. The molecule has 2 aromatic carbocycles. The van der Waals surface area contributed by atoms with Crippen LogP contribution in [0.4, 0.5) is 11.4 Å². The number of hydrogen-bond acceptors (Lipinski definition) is 3. The summed E-state index contributed by atoms with van der Waals surface area (Å²) < 4.78 is 0. The molecule has 0 aliphatic heterocycles. The third-order valence-electron chi connectivity index (χ3n) is 2.95. The minimum Gasteiger partial charge on any atom is -0.326 e. The SMILES string of the molecule is CC(=O)Nc1ccc(S[C@H](C)C(=O)Nc2cccc(Cl)c2)cc1. The largest absolute Gasteiger partial charge is 0.326 e. The molecular weight excluding hydrogens is 332 g/mol. The Bertz CT molecular complexity index is 704. The zero-order valence-corrected chi connectivity index (χ0v) is 14.4. The van der Waals surface area contributed by atoms with Crippen molar-refractivity contribution in [2.24, 2.45) is 0 Å². The third-order valence-corrected chi connectivity index (χ3v) is 4.30. The fraction of sp³-hybridized carbons (Fsp3) is 0.176. The van der Waals surface area contributed by atoms with Crippen molar-refractivity contribution in [3.63, 3.8) is 0 Å². The van der Waals surface area contributed by atoms with Crippen LogP contribution in [0.2, 0.25) is 5.02 Å². The van der Waals surface area contributed by atoms with Crippen molar-refractivity contribution in [2.45, 2.75) is 24.0 Å². The molecule has 0 spiro atoms. The molecule has 0 aliphatic carbocycles. The van der Waals surface area contributed by atoms with Gasteiger partial charge in [0, 0.05) is 28.2 Å². The first-order valence-corrected chi connectivity index (χ1v) is 8.30. The van der Waals surface area contributed by atoms with Crippen LogP contribution in [0.15, 0.2) is 53.4 Å². The Hall–Kier alpha value is -1.98. The van der Waals surface area contributed by atoms with Gasteiger partial charge < -0.3 is 10.6 Å². The molecule has 1 atom stereocenters. The Morgan fingerprint density at radius 1 is 1.04 bits per heavy atom. The topological polar surface area (TPSA) is 58.2 Å². The van der Waals surface area contributed by atoms with Crippen LogP contribution < -0.4 is 10.6 Å². The van der Waals surface area contributed by atoms with Gasteiger partial charge in [-0.2, -0.15) is 0 Å². The van der Waals surface area contributed by atoms with E-state index in [1.807, 2.05) is 31.2 Å². The smallest absolute Gasteiger partial charge is 0.237 e. The molecule has 0 saturated carbocycles. The summed E-state index contributed by atoms with van der Waals surface area (Å²) in [7, 11) is 0. The number of halogens is 1. The number of nitrogens with one attached hydrogen (secondary N) is 2. The van der Waals surface area contributed by atoms with Crippen molar-refractivity contribution >= 4 is 46.6 Å². The minimum absolute atomic E-state index is 0.0943. The lowest BCUT2D eigenvalue weighted by Gasteiger charge is -2.12. The van der Waals surface area contributed by atoms with Crippen molar-refractivity contribution in [3.05, 3.63) is 53.6 Å². The minimum atomic E-state index is -0.263. The van der Waals surface area contributed by atoms with Gasteiger partial charge in [0.15, 0.2) is 0 Å². The highest BCUT2D eigenvalue weighted by molar-refractivity contribution is 8.00. The average molecular weight is 349 g/mol. The molecule has 0 unspecified atom stereocenters. The van der Waals surface area contributed by atoms with E-state index in [1.54, 1.807) is 24.3 Å². The van der Waals surface area contributed by atoms with Crippen molar-refractivity contribution in [1.29, 1.82) is 0 Å². The summed E-state index contributed by atoms with van der Waals surface area (Å²) in [5.41, 5.74) is 1.41. The molecule has 0 aromatic heterocycles. The highest BCUT2D eigenvalue weighted by Gasteiger charge is 2.14. The second kappa shape index (κ2) is 8.04. The van der Waals surface area contributed by atoms with Crippen LogP contribution >= 0.6 is 23.4 Å². The van der Waals surface area contributed by atoms with Gasteiger partial charge in [0.2, 0.25) is 11.8 Å². The summed E-state index contributed by atoms with van der Waals surface area (Å²) in [5, 5.41) is 5.86. The normalized spacial score (nSPS) is 11.6. The molecule has 0 saturated heterocycles. The van der Waals surface area contributed by atoms with E-state index in [0.29, 0.717) is 10.7 Å². The lowest BCUT2D eigenvalue weighted by atomic mass is 10.3. The van der Waals surface area contributed by atoms with Crippen LogP contribution in [0.5, 0.6) is 0 Å². The Labute approximate surface area is 144 Å². The molecule has 0 fully saturated rings. The molecule has 0 bridgehead atoms. The maximum absolute atomic E-state index is 12.2. The van der Waals surface area contributed by atoms with Gasteiger partial charge >= 0.3 is 0 Å². The molecule has 2 N–H and O–H groups in total. The average Bonchev–Trinajstić information content (AvgIpc) is 2.48. The number of rotatable bonds is 5. The molecular formula is C17H17ClN2O2S. The molecule has 0 aliphatic rings. The highest BCUT2D eigenvalue weighted by atomic mass is 35.5. The Balaban J connectivity index is 1.94. The van der Waals surface area contributed by atoms with E-state index >= 15 is 0 Å². The van der Waals surface area contributed by atoms with E-state index in [-0.39, 0.29) is 17.1 Å². The number of anilines is 2. The Kier molecular flexibility index (Phi) is 6.07. The quantitative estimate of drug-likeness (QED) is 0.786. The summed E-state index contributed by atoms with van der Waals surface area (Å²) in [6, 6.07) is 14.4. The second-order valence-corrected chi connectivity index (χ2v) is 6.82. The van der Waals surface area contributed by atoms with Gasteiger partial charge in [-0.15, -0.1) is 11.8 Å². The van der Waals surface area contributed by atoms with E-state index in [2.05, 4.69) is 10.6 Å². The molecule has 0 heterocycles. The molecule has 0 radical (unpaired) electrons. The first-order chi connectivity index (χ1) is 10.9. The fourth-order valence-electron chi connectivity index (χ4n) is 1.89. The van der Waals surface area contributed by atoms with E-state index < -0.39 is 0 Å². The zero-order valence-electron chi connectivity index (χ0n) is 12.8. The van der Waals surface area contributed by atoms with Gasteiger partial charge in [-0.25, -0.2) is 0 Å². The van der Waals surface area contributed by atoms with Crippen molar-refractivity contribution in [3.8, 4) is 0 Å². The van der Waals surface area contributed by atoms with Crippen LogP contribution in [0, 0.1) is 0 Å². The van der Waals surface area contributed by atoms with Gasteiger partial charge in [-0.1, -0.05) is 17.7 Å². The molecule has 120 valence electrons. The summed E-state index contributed by atoms with van der Waals surface area (Å²) in [4.78, 5) is 24.1. The first kappa shape index (κ1) is 17.4. The molecule has 2 aromatic rings. The molecule has 2 amide bonds. The van der Waals surface area contributed by atoms with Crippen LogP contribution in [-0.4, -0.2) is 17.1 Å². The van der Waals surface area contributed by atoms with E-state index in [0.717, 1.165) is 10.6 Å². The number of carbonyl (C=O) groups is 2. The van der Waals surface area contributed by atoms with Gasteiger partial charge in [0.05, 0.1) is 5.25 Å². The standard InChI is InChI=1S/C17H17ClN2O2S/c1-11(17(22)20-15-5-3-4-13(18)10-15)23-16-8-6-14(7-9-16)19-12(2)21/h3-11H,1-2H3,(H,19,21)(H,20,22)/t11-/m1/s1. The lowest BCUT2D eigenvalue weighted by molar-refractivity contribution is -0.115. The maximum Gasteiger partial charge on any atom is 0.237 e. The lowest BCUT2D eigenvalue weighted by Crippen LogP contribution is -2.22. The Morgan fingerprint density at radius 2 is 1.74 bits per heavy atom. The first-order valence-electron chi connectivity index (χ1n) is 7.05. The second-order valence-electron chi connectivity index (χ2n) is 4.97. The third kappa shape index (κ3) is 5.62. The summed E-state index contributed by atoms with van der Waals surface area (Å²) in [5.74, 6) is -0.206. The van der Waals surface area contributed by atoms with Crippen LogP contribution in [0.3, 0.4) is 0 Å². The van der Waals surface area contributed by atoms with Crippen molar-refractivity contribution in [2.75, 3.05) is 10.6 Å². The number of carbonyl (C=O) groups excluding carboxylic acids is 2. The Morgan fingerprint density at radius 3 is 2.35 bits per heavy atom. The van der Waals surface area contributed by atoms with E-state index in [4.69, 9.17) is 11.6 Å². The van der Waals surface area contributed by atoms with Crippen LogP contribution in [0.25, 0.3) is 0 Å². The molecule has 4 nitrogen and oxygen atoms in total. The van der Waals surface area contributed by atoms with Gasteiger partial charge in [0.25, 0.3) is 0 Å². The number of amides is 2. The molecule has 23 heavy (non-hydrogen) atoms. The summed E-state index contributed by atoms with van der Waals surface area (Å²) >= 11 is 7.35. The van der Waals surface area contributed by atoms with Gasteiger partial charge in [0.1, 0.15) is 0 Å². The maximum atomic E-state index is 12.2. The predicted octanol–water partition coefficient (Wildman–Crippen LogP) is 4.42. The number of hydrogen-bond donors (Lipinski definition) is 2. The fourth-order valence-corrected chi connectivity index (χ4v) is 2.95. The van der Waals surface area contributed by atoms with E-state index in [9.17, 15) is 9.59 Å². The monoisotopic (exact) mass is 348 g/mol. The van der Waals surface area contributed by atoms with Gasteiger partial charge in [-0.3, -0.25) is 9.59 Å². The number of benzene rings is 2. The van der Waals surface area contributed by atoms with Crippen molar-refractivity contribution < 1.29 is 9.59 Å². The summed E-state index contributed by atoms with van der Waals surface area (Å²) in [6.45, 7) is 3.30. The van der Waals surface area contributed by atoms with Gasteiger partial charge in [-0.05, 0) is 49.4 Å². The van der Waals surface area contributed by atoms with Crippen LogP contribution in [-0.2, 0) is 9.59 Å². The highest BCUT2D eigenvalue weighted by Crippen LogP contribution is 2.26. The van der Waals surface area contributed by atoms with Crippen molar-refractivity contribution in [1.82, 2.24) is 0 Å². The van der Waals surface area contributed by atoms with Crippen LogP contribution in [0.1, 0.15) is 13.8 Å².